The number of nitrogens with two attached hydrogens (primary N) is 1. The molecule has 1 saturated carbocycles. The van der Waals surface area contributed by atoms with Crippen molar-refractivity contribution in [3.63, 3.8) is 0 Å². The first kappa shape index (κ1) is 11.9. The Kier molecular flexibility index (Phi) is 2.97. The van der Waals surface area contributed by atoms with Gasteiger partial charge in [-0.05, 0) is 58.0 Å². The second-order valence-electron chi connectivity index (χ2n) is 6.05. The molecule has 2 heterocycles. The minimum absolute atomic E-state index is 0.242. The molecule has 0 aromatic carbocycles. The molecular weight excluding hydrogens is 204 g/mol. The first-order valence-corrected chi connectivity index (χ1v) is 6.07. The molecule has 3 N–H and O–H groups in total. The fraction of sp³-hybridized carbons (Fsp3) is 0.917. The number of hydrogen-bond acceptors (Lipinski definition) is 4. The van der Waals surface area contributed by atoms with E-state index in [1.54, 1.807) is 0 Å². The monoisotopic (exact) mass is 226 g/mol. The van der Waals surface area contributed by atoms with Crippen molar-refractivity contribution < 1.29 is 9.53 Å². The number of ether oxygens (including phenoxy) is 1. The summed E-state index contributed by atoms with van der Waals surface area (Å²) >= 11 is 0. The van der Waals surface area contributed by atoms with Crippen molar-refractivity contribution in [2.75, 3.05) is 13.1 Å². The van der Waals surface area contributed by atoms with E-state index in [1.807, 2.05) is 20.8 Å². The molecule has 0 aromatic heterocycles. The Labute approximate surface area is 96.9 Å². The van der Waals surface area contributed by atoms with E-state index in [-0.39, 0.29) is 5.97 Å². The van der Waals surface area contributed by atoms with Gasteiger partial charge in [-0.15, -0.1) is 0 Å². The standard InChI is InChI=1S/C12H22N2O2/c1-12(2,3)16-11(15)10(13)9-7-4-8(9)6-14-5-7/h7-10,14H,4-6,13H2,1-3H3/t7-,8-,10-/m1/s1. The van der Waals surface area contributed by atoms with E-state index in [1.165, 1.54) is 6.42 Å². The van der Waals surface area contributed by atoms with Crippen molar-refractivity contribution in [3.05, 3.63) is 0 Å². The van der Waals surface area contributed by atoms with Gasteiger partial charge in [-0.1, -0.05) is 0 Å². The largest absolute Gasteiger partial charge is 0.459 e. The van der Waals surface area contributed by atoms with Gasteiger partial charge in [-0.3, -0.25) is 4.79 Å². The average Bonchev–Trinajstić information content (AvgIpc) is 2.16. The Bertz CT molecular complexity index is 271. The fourth-order valence-electron chi connectivity index (χ4n) is 2.90. The van der Waals surface area contributed by atoms with Crippen LogP contribution in [0.3, 0.4) is 0 Å². The molecule has 3 atom stereocenters. The van der Waals surface area contributed by atoms with E-state index in [9.17, 15) is 4.79 Å². The van der Waals surface area contributed by atoms with Gasteiger partial charge in [0.25, 0.3) is 0 Å². The first-order chi connectivity index (χ1) is 7.38. The number of carbonyl (C=O) groups excluding carboxylic acids is 1. The molecule has 2 saturated heterocycles. The van der Waals surface area contributed by atoms with Crippen LogP contribution in [0.25, 0.3) is 0 Å². The molecule has 4 nitrogen and oxygen atoms in total. The van der Waals surface area contributed by atoms with Gasteiger partial charge in [0.2, 0.25) is 0 Å². The van der Waals surface area contributed by atoms with Crippen LogP contribution in [-0.4, -0.2) is 30.7 Å². The van der Waals surface area contributed by atoms with Crippen LogP contribution in [0.4, 0.5) is 0 Å². The lowest BCUT2D eigenvalue weighted by Gasteiger charge is -2.51. The van der Waals surface area contributed by atoms with Gasteiger partial charge < -0.3 is 15.8 Å². The van der Waals surface area contributed by atoms with Crippen LogP contribution in [0.15, 0.2) is 0 Å². The zero-order valence-electron chi connectivity index (χ0n) is 10.3. The lowest BCUT2D eigenvalue weighted by atomic mass is 9.59. The molecule has 1 aliphatic carbocycles. The molecule has 2 bridgehead atoms. The van der Waals surface area contributed by atoms with E-state index in [0.717, 1.165) is 13.1 Å². The summed E-state index contributed by atoms with van der Waals surface area (Å²) in [5.41, 5.74) is 5.58. The van der Waals surface area contributed by atoms with Crippen LogP contribution in [0.5, 0.6) is 0 Å². The molecular formula is C12H22N2O2. The predicted molar refractivity (Wildman–Crippen MR) is 61.8 cm³/mol. The highest BCUT2D eigenvalue weighted by Gasteiger charge is 2.49. The molecule has 0 aromatic rings. The van der Waals surface area contributed by atoms with Crippen LogP contribution in [0.2, 0.25) is 0 Å². The maximum atomic E-state index is 11.9. The Morgan fingerprint density at radius 1 is 1.38 bits per heavy atom. The highest BCUT2D eigenvalue weighted by molar-refractivity contribution is 5.76. The van der Waals surface area contributed by atoms with Crippen LogP contribution in [0.1, 0.15) is 27.2 Å². The van der Waals surface area contributed by atoms with Crippen molar-refractivity contribution in [3.8, 4) is 0 Å². The van der Waals surface area contributed by atoms with Crippen molar-refractivity contribution in [2.24, 2.45) is 23.5 Å². The number of esters is 1. The Morgan fingerprint density at radius 2 is 1.94 bits per heavy atom. The molecule has 92 valence electrons. The van der Waals surface area contributed by atoms with Gasteiger partial charge >= 0.3 is 5.97 Å². The second-order valence-corrected chi connectivity index (χ2v) is 6.05. The van der Waals surface area contributed by atoms with E-state index in [0.29, 0.717) is 17.8 Å². The molecule has 0 radical (unpaired) electrons. The highest BCUT2D eigenvalue weighted by atomic mass is 16.6. The molecule has 0 unspecified atom stereocenters. The number of piperidine rings is 2. The van der Waals surface area contributed by atoms with Gasteiger partial charge in [-0.25, -0.2) is 0 Å². The summed E-state index contributed by atoms with van der Waals surface area (Å²) < 4.78 is 5.34. The summed E-state index contributed by atoms with van der Waals surface area (Å²) in [5, 5.41) is 3.35. The zero-order valence-corrected chi connectivity index (χ0v) is 10.3. The normalized spacial score (nSPS) is 35.1. The Morgan fingerprint density at radius 3 is 2.38 bits per heavy atom. The summed E-state index contributed by atoms with van der Waals surface area (Å²) in [6, 6.07) is -0.440. The van der Waals surface area contributed by atoms with Gasteiger partial charge in [0.1, 0.15) is 11.6 Å². The topological polar surface area (TPSA) is 64.3 Å². The minimum Gasteiger partial charge on any atom is -0.459 e. The van der Waals surface area contributed by atoms with Crippen LogP contribution < -0.4 is 11.1 Å². The third-order valence-corrected chi connectivity index (χ3v) is 3.60. The summed E-state index contributed by atoms with van der Waals surface area (Å²) in [4.78, 5) is 11.9. The fourth-order valence-corrected chi connectivity index (χ4v) is 2.90. The number of nitrogens with one attached hydrogen (secondary N) is 1. The third kappa shape index (κ3) is 2.23. The molecule has 3 fully saturated rings. The molecule has 0 amide bonds. The summed E-state index contributed by atoms with van der Waals surface area (Å²) in [7, 11) is 0. The molecule has 0 spiro atoms. The van der Waals surface area contributed by atoms with Crippen molar-refractivity contribution in [1.82, 2.24) is 5.32 Å². The molecule has 2 aliphatic heterocycles. The highest BCUT2D eigenvalue weighted by Crippen LogP contribution is 2.44. The van der Waals surface area contributed by atoms with Gasteiger partial charge in [0.15, 0.2) is 0 Å². The number of rotatable bonds is 2. The Hall–Kier alpha value is -0.610. The lowest BCUT2D eigenvalue weighted by Crippen LogP contribution is -2.61. The maximum absolute atomic E-state index is 11.9. The molecule has 3 rings (SSSR count). The predicted octanol–water partition coefficient (Wildman–Crippen LogP) is 0.511. The minimum atomic E-state index is -0.440. The van der Waals surface area contributed by atoms with Crippen LogP contribution >= 0.6 is 0 Å². The van der Waals surface area contributed by atoms with Gasteiger partial charge in [0.05, 0.1) is 0 Å². The molecule has 4 heteroatoms. The van der Waals surface area contributed by atoms with Crippen LogP contribution in [-0.2, 0) is 9.53 Å². The summed E-state index contributed by atoms with van der Waals surface area (Å²) in [6.07, 6.45) is 1.22. The van der Waals surface area contributed by atoms with Crippen molar-refractivity contribution >= 4 is 5.97 Å². The second kappa shape index (κ2) is 4.00. The number of fused-ring (bicyclic) bond motifs is 2. The van der Waals surface area contributed by atoms with E-state index < -0.39 is 11.6 Å². The SMILES string of the molecule is CC(C)(C)OC(=O)[C@H](N)C1[C@H]2CNC[C@H]1C2. The average molecular weight is 226 g/mol. The quantitative estimate of drug-likeness (QED) is 0.673. The Balaban J connectivity index is 1.92. The van der Waals surface area contributed by atoms with E-state index >= 15 is 0 Å². The third-order valence-electron chi connectivity index (χ3n) is 3.60. The summed E-state index contributed by atoms with van der Waals surface area (Å²) in [6.45, 7) is 7.62. The van der Waals surface area contributed by atoms with E-state index in [4.69, 9.17) is 10.5 Å². The van der Waals surface area contributed by atoms with Crippen LogP contribution in [0, 0.1) is 17.8 Å². The molecule has 16 heavy (non-hydrogen) atoms. The first-order valence-electron chi connectivity index (χ1n) is 6.07. The van der Waals surface area contributed by atoms with E-state index in [2.05, 4.69) is 5.32 Å². The summed E-state index contributed by atoms with van der Waals surface area (Å²) in [5.74, 6) is 1.23. The zero-order chi connectivity index (χ0) is 11.9. The van der Waals surface area contributed by atoms with Gasteiger partial charge in [-0.2, -0.15) is 0 Å². The smallest absolute Gasteiger partial charge is 0.323 e. The van der Waals surface area contributed by atoms with Gasteiger partial charge in [0, 0.05) is 0 Å². The van der Waals surface area contributed by atoms with Crippen molar-refractivity contribution in [1.29, 1.82) is 0 Å². The maximum Gasteiger partial charge on any atom is 0.323 e. The molecule has 3 aliphatic rings. The number of carbonyl (C=O) groups is 1. The van der Waals surface area contributed by atoms with Crippen molar-refractivity contribution in [2.45, 2.75) is 38.8 Å². The lowest BCUT2D eigenvalue weighted by molar-refractivity contribution is -0.162. The number of hydrogen-bond donors (Lipinski definition) is 2.